The maximum Gasteiger partial charge on any atom is 0.235 e. The van der Waals surface area contributed by atoms with Crippen LogP contribution in [0.25, 0.3) is 0 Å². The Morgan fingerprint density at radius 1 is 1.13 bits per heavy atom. The standard InChI is InChI=1S/C10H7ClN2O2/c11-10-2-1-8(4-12-6-14)3-9(10)5-13-7-15/h1-3H,4-5H2. The highest BCUT2D eigenvalue weighted by atomic mass is 35.5. The highest BCUT2D eigenvalue weighted by molar-refractivity contribution is 6.31. The number of hydrogen-bond acceptors (Lipinski definition) is 4. The van der Waals surface area contributed by atoms with E-state index in [4.69, 9.17) is 11.6 Å². The molecule has 0 aromatic heterocycles. The molecule has 0 aliphatic rings. The van der Waals surface area contributed by atoms with E-state index in [-0.39, 0.29) is 13.1 Å². The van der Waals surface area contributed by atoms with E-state index in [9.17, 15) is 9.59 Å². The van der Waals surface area contributed by atoms with Gasteiger partial charge in [-0.15, -0.1) is 0 Å². The van der Waals surface area contributed by atoms with Gasteiger partial charge in [0.25, 0.3) is 0 Å². The molecule has 1 aromatic carbocycles. The van der Waals surface area contributed by atoms with Crippen LogP contribution in [0.5, 0.6) is 0 Å². The summed E-state index contributed by atoms with van der Waals surface area (Å²) in [7, 11) is 0. The first kappa shape index (κ1) is 11.3. The monoisotopic (exact) mass is 222 g/mol. The number of benzene rings is 1. The van der Waals surface area contributed by atoms with Crippen LogP contribution >= 0.6 is 11.6 Å². The quantitative estimate of drug-likeness (QED) is 0.578. The second-order valence-electron chi connectivity index (χ2n) is 2.74. The van der Waals surface area contributed by atoms with Crippen molar-refractivity contribution in [2.75, 3.05) is 0 Å². The Morgan fingerprint density at radius 3 is 2.47 bits per heavy atom. The predicted octanol–water partition coefficient (Wildman–Crippen LogP) is 2.01. The van der Waals surface area contributed by atoms with Gasteiger partial charge in [-0.25, -0.2) is 19.6 Å². The summed E-state index contributed by atoms with van der Waals surface area (Å²) >= 11 is 5.87. The topological polar surface area (TPSA) is 58.9 Å². The van der Waals surface area contributed by atoms with Crippen molar-refractivity contribution in [3.05, 3.63) is 34.3 Å². The van der Waals surface area contributed by atoms with Gasteiger partial charge in [-0.05, 0) is 17.2 Å². The van der Waals surface area contributed by atoms with E-state index in [0.29, 0.717) is 10.6 Å². The summed E-state index contributed by atoms with van der Waals surface area (Å²) in [4.78, 5) is 26.7. The fourth-order valence-electron chi connectivity index (χ4n) is 1.09. The van der Waals surface area contributed by atoms with Crippen molar-refractivity contribution in [2.45, 2.75) is 13.1 Å². The van der Waals surface area contributed by atoms with Gasteiger partial charge in [-0.2, -0.15) is 0 Å². The van der Waals surface area contributed by atoms with Crippen LogP contribution in [0.3, 0.4) is 0 Å². The van der Waals surface area contributed by atoms with Crippen LogP contribution in [-0.2, 0) is 22.7 Å². The van der Waals surface area contributed by atoms with Crippen LogP contribution in [0.15, 0.2) is 28.2 Å². The summed E-state index contributed by atoms with van der Waals surface area (Å²) in [6, 6.07) is 5.16. The molecule has 76 valence electrons. The molecule has 1 rings (SSSR count). The molecule has 0 unspecified atom stereocenters. The molecule has 15 heavy (non-hydrogen) atoms. The van der Waals surface area contributed by atoms with Crippen LogP contribution in [0.1, 0.15) is 11.1 Å². The first-order valence-corrected chi connectivity index (χ1v) is 4.50. The van der Waals surface area contributed by atoms with Crippen molar-refractivity contribution in [3.63, 3.8) is 0 Å². The summed E-state index contributed by atoms with van der Waals surface area (Å²) in [5.74, 6) is 0. The molecule has 0 heterocycles. The van der Waals surface area contributed by atoms with Gasteiger partial charge < -0.3 is 0 Å². The number of hydrogen-bond donors (Lipinski definition) is 0. The molecular weight excluding hydrogens is 216 g/mol. The van der Waals surface area contributed by atoms with Crippen LogP contribution in [0, 0.1) is 0 Å². The van der Waals surface area contributed by atoms with E-state index in [1.54, 1.807) is 18.2 Å². The second kappa shape index (κ2) is 5.89. The maximum atomic E-state index is 9.94. The Bertz CT molecular complexity index is 447. The normalized spacial score (nSPS) is 8.87. The summed E-state index contributed by atoms with van der Waals surface area (Å²) in [6.45, 7) is 0.430. The molecule has 0 atom stereocenters. The Labute approximate surface area is 91.3 Å². The molecule has 0 N–H and O–H groups in total. The lowest BCUT2D eigenvalue weighted by Gasteiger charge is -2.02. The lowest BCUT2D eigenvalue weighted by atomic mass is 10.1. The summed E-state index contributed by atoms with van der Waals surface area (Å²) < 4.78 is 0. The molecular formula is C10H7ClN2O2. The van der Waals surface area contributed by atoms with Gasteiger partial charge in [0, 0.05) is 5.02 Å². The van der Waals surface area contributed by atoms with E-state index >= 15 is 0 Å². The van der Waals surface area contributed by atoms with Crippen molar-refractivity contribution >= 4 is 23.8 Å². The van der Waals surface area contributed by atoms with E-state index < -0.39 is 0 Å². The average molecular weight is 223 g/mol. The molecule has 4 nitrogen and oxygen atoms in total. The minimum atomic E-state index is 0.182. The van der Waals surface area contributed by atoms with E-state index in [1.165, 1.54) is 12.2 Å². The summed E-state index contributed by atoms with van der Waals surface area (Å²) in [5, 5.41) is 0.521. The van der Waals surface area contributed by atoms with Crippen molar-refractivity contribution in [1.82, 2.24) is 0 Å². The predicted molar refractivity (Wildman–Crippen MR) is 55.1 cm³/mol. The van der Waals surface area contributed by atoms with Crippen molar-refractivity contribution in [3.8, 4) is 0 Å². The third kappa shape index (κ3) is 3.49. The Balaban J connectivity index is 2.93. The highest BCUT2D eigenvalue weighted by Crippen LogP contribution is 2.18. The van der Waals surface area contributed by atoms with Crippen molar-refractivity contribution in [2.24, 2.45) is 9.98 Å². The first-order chi connectivity index (χ1) is 7.27. The maximum absolute atomic E-state index is 9.94. The molecule has 0 fully saturated rings. The van der Waals surface area contributed by atoms with Crippen molar-refractivity contribution in [1.29, 1.82) is 0 Å². The fourth-order valence-corrected chi connectivity index (χ4v) is 1.27. The van der Waals surface area contributed by atoms with Crippen LogP contribution in [0.4, 0.5) is 0 Å². The van der Waals surface area contributed by atoms with Gasteiger partial charge in [0.1, 0.15) is 0 Å². The number of carbonyl (C=O) groups excluding carboxylic acids is 2. The number of rotatable bonds is 4. The summed E-state index contributed by atoms with van der Waals surface area (Å²) in [6.07, 6.45) is 2.89. The summed E-state index contributed by atoms with van der Waals surface area (Å²) in [5.41, 5.74) is 1.53. The fraction of sp³-hybridized carbons (Fsp3) is 0.200. The lowest BCUT2D eigenvalue weighted by Crippen LogP contribution is -1.88. The number of nitrogens with zero attached hydrogens (tertiary/aromatic N) is 2. The highest BCUT2D eigenvalue weighted by Gasteiger charge is 2.01. The van der Waals surface area contributed by atoms with Crippen LogP contribution in [-0.4, -0.2) is 12.2 Å². The molecule has 0 radical (unpaired) electrons. The Hall–Kier alpha value is -1.73. The van der Waals surface area contributed by atoms with Gasteiger partial charge >= 0.3 is 0 Å². The third-order valence-corrected chi connectivity index (χ3v) is 2.12. The smallest absolute Gasteiger partial charge is 0.211 e. The van der Waals surface area contributed by atoms with Gasteiger partial charge in [0.15, 0.2) is 0 Å². The zero-order valence-electron chi connectivity index (χ0n) is 7.74. The second-order valence-corrected chi connectivity index (χ2v) is 3.15. The molecule has 0 saturated carbocycles. The number of aliphatic imine (C=N–C) groups is 2. The van der Waals surface area contributed by atoms with Crippen LogP contribution < -0.4 is 0 Å². The molecule has 0 amide bonds. The minimum Gasteiger partial charge on any atom is -0.211 e. The average Bonchev–Trinajstić information content (AvgIpc) is 2.26. The Morgan fingerprint density at radius 2 is 1.80 bits per heavy atom. The van der Waals surface area contributed by atoms with Gasteiger partial charge in [-0.3, -0.25) is 0 Å². The number of isocyanates is 2. The number of halogens is 1. The van der Waals surface area contributed by atoms with Gasteiger partial charge in [-0.1, -0.05) is 23.7 Å². The van der Waals surface area contributed by atoms with Gasteiger partial charge in [0.2, 0.25) is 12.2 Å². The van der Waals surface area contributed by atoms with Crippen LogP contribution in [0.2, 0.25) is 5.02 Å². The SMILES string of the molecule is O=C=NCc1ccc(Cl)c(CN=C=O)c1. The zero-order valence-corrected chi connectivity index (χ0v) is 8.49. The molecule has 0 spiro atoms. The van der Waals surface area contributed by atoms with E-state index in [2.05, 4.69) is 9.98 Å². The molecule has 0 saturated heterocycles. The largest absolute Gasteiger partial charge is 0.235 e. The molecule has 5 heteroatoms. The lowest BCUT2D eigenvalue weighted by molar-refractivity contribution is 0.562. The van der Waals surface area contributed by atoms with E-state index in [1.807, 2.05) is 0 Å². The minimum absolute atomic E-state index is 0.182. The van der Waals surface area contributed by atoms with Crippen molar-refractivity contribution < 1.29 is 9.59 Å². The zero-order chi connectivity index (χ0) is 11.1. The molecule has 1 aromatic rings. The Kier molecular flexibility index (Phi) is 4.45. The molecule has 0 bridgehead atoms. The first-order valence-electron chi connectivity index (χ1n) is 4.12. The molecule has 0 aliphatic heterocycles. The molecule has 0 aliphatic carbocycles. The van der Waals surface area contributed by atoms with E-state index in [0.717, 1.165) is 5.56 Å². The third-order valence-electron chi connectivity index (χ3n) is 1.75. The van der Waals surface area contributed by atoms with Gasteiger partial charge in [0.05, 0.1) is 13.1 Å².